The Labute approximate surface area is 113 Å². The molecule has 0 unspecified atom stereocenters. The Hall–Kier alpha value is -2.35. The third-order valence-corrected chi connectivity index (χ3v) is 3.34. The molecule has 0 amide bonds. The van der Waals surface area contributed by atoms with Crippen LogP contribution in [-0.2, 0) is 6.42 Å². The fraction of sp³-hybridized carbons (Fsp3) is 0.118. The Morgan fingerprint density at radius 1 is 0.947 bits per heavy atom. The van der Waals surface area contributed by atoms with E-state index in [0.29, 0.717) is 0 Å². The van der Waals surface area contributed by atoms with Crippen LogP contribution >= 0.6 is 0 Å². The molecule has 1 heterocycles. The lowest BCUT2D eigenvalue weighted by Gasteiger charge is -2.12. The first-order valence-electron chi connectivity index (χ1n) is 6.56. The lowest BCUT2D eigenvalue weighted by atomic mass is 10.1. The summed E-state index contributed by atoms with van der Waals surface area (Å²) in [5, 5.41) is 0. The maximum atomic E-state index is 4.31. The van der Waals surface area contributed by atoms with Crippen molar-refractivity contribution in [2.45, 2.75) is 13.3 Å². The van der Waals surface area contributed by atoms with Gasteiger partial charge in [-0.25, -0.2) is 4.98 Å². The van der Waals surface area contributed by atoms with E-state index >= 15 is 0 Å². The molecule has 3 aromatic rings. The van der Waals surface area contributed by atoms with Gasteiger partial charge >= 0.3 is 0 Å². The van der Waals surface area contributed by atoms with Gasteiger partial charge in [0, 0.05) is 5.56 Å². The topological polar surface area (TPSA) is 17.8 Å². The lowest BCUT2D eigenvalue weighted by molar-refractivity contribution is 1.01. The summed E-state index contributed by atoms with van der Waals surface area (Å²) in [7, 11) is 0. The SMILES string of the molecule is CCc1ccccc1-n1cncc1-c1ccccc1. The maximum Gasteiger partial charge on any atom is 0.0997 e. The molecule has 0 radical (unpaired) electrons. The fourth-order valence-corrected chi connectivity index (χ4v) is 2.35. The summed E-state index contributed by atoms with van der Waals surface area (Å²) in [6, 6.07) is 18.8. The van der Waals surface area contributed by atoms with Gasteiger partial charge in [-0.2, -0.15) is 0 Å². The van der Waals surface area contributed by atoms with E-state index < -0.39 is 0 Å². The van der Waals surface area contributed by atoms with Crippen molar-refractivity contribution in [3.63, 3.8) is 0 Å². The molecule has 2 nitrogen and oxygen atoms in total. The number of hydrogen-bond acceptors (Lipinski definition) is 1. The normalized spacial score (nSPS) is 10.6. The summed E-state index contributed by atoms with van der Waals surface area (Å²) in [5.41, 5.74) is 4.85. The highest BCUT2D eigenvalue weighted by Crippen LogP contribution is 2.24. The summed E-state index contributed by atoms with van der Waals surface area (Å²) < 4.78 is 2.16. The number of imidazole rings is 1. The highest BCUT2D eigenvalue weighted by Gasteiger charge is 2.08. The molecule has 0 aliphatic carbocycles. The molecule has 0 fully saturated rings. The van der Waals surface area contributed by atoms with Gasteiger partial charge in [-0.1, -0.05) is 55.5 Å². The van der Waals surface area contributed by atoms with Crippen LogP contribution in [0, 0.1) is 0 Å². The Kier molecular flexibility index (Phi) is 3.15. The number of rotatable bonds is 3. The molecule has 94 valence electrons. The second-order valence-corrected chi connectivity index (χ2v) is 4.50. The molecule has 1 aromatic heterocycles. The highest BCUT2D eigenvalue weighted by atomic mass is 15.1. The highest BCUT2D eigenvalue weighted by molar-refractivity contribution is 5.62. The molecule has 0 atom stereocenters. The van der Waals surface area contributed by atoms with Crippen molar-refractivity contribution >= 4 is 0 Å². The van der Waals surface area contributed by atoms with Crippen LogP contribution in [0.15, 0.2) is 67.1 Å². The summed E-state index contributed by atoms with van der Waals surface area (Å²) >= 11 is 0. The molecular weight excluding hydrogens is 232 g/mol. The van der Waals surface area contributed by atoms with Gasteiger partial charge < -0.3 is 0 Å². The van der Waals surface area contributed by atoms with Gasteiger partial charge in [0.1, 0.15) is 0 Å². The van der Waals surface area contributed by atoms with Gasteiger partial charge in [0.2, 0.25) is 0 Å². The number of aryl methyl sites for hydroxylation is 1. The molecule has 0 N–H and O–H groups in total. The number of benzene rings is 2. The van der Waals surface area contributed by atoms with Crippen molar-refractivity contribution in [3.8, 4) is 16.9 Å². The van der Waals surface area contributed by atoms with Gasteiger partial charge in [-0.15, -0.1) is 0 Å². The number of aromatic nitrogens is 2. The first-order chi connectivity index (χ1) is 9.40. The van der Waals surface area contributed by atoms with E-state index in [2.05, 4.69) is 65.0 Å². The minimum Gasteiger partial charge on any atom is -0.299 e. The second kappa shape index (κ2) is 5.11. The van der Waals surface area contributed by atoms with Gasteiger partial charge in [0.05, 0.1) is 23.9 Å². The predicted molar refractivity (Wildman–Crippen MR) is 78.4 cm³/mol. The van der Waals surface area contributed by atoms with Crippen LogP contribution in [0.25, 0.3) is 16.9 Å². The minimum absolute atomic E-state index is 1.02. The summed E-state index contributed by atoms with van der Waals surface area (Å²) in [5.74, 6) is 0. The molecule has 0 aliphatic rings. The van der Waals surface area contributed by atoms with Crippen LogP contribution in [0.5, 0.6) is 0 Å². The van der Waals surface area contributed by atoms with E-state index in [1.54, 1.807) is 0 Å². The minimum atomic E-state index is 1.02. The van der Waals surface area contributed by atoms with Crippen molar-refractivity contribution < 1.29 is 0 Å². The first kappa shape index (κ1) is 11.7. The fourth-order valence-electron chi connectivity index (χ4n) is 2.35. The standard InChI is InChI=1S/C17H16N2/c1-2-14-8-6-7-11-16(14)19-13-18-12-17(19)15-9-4-3-5-10-15/h3-13H,2H2,1H3. The van der Waals surface area contributed by atoms with Crippen LogP contribution < -0.4 is 0 Å². The van der Waals surface area contributed by atoms with Crippen LogP contribution in [0.1, 0.15) is 12.5 Å². The predicted octanol–water partition coefficient (Wildman–Crippen LogP) is 4.10. The lowest BCUT2D eigenvalue weighted by Crippen LogP contribution is -1.99. The first-order valence-corrected chi connectivity index (χ1v) is 6.56. The van der Waals surface area contributed by atoms with Crippen molar-refractivity contribution in [3.05, 3.63) is 72.7 Å². The molecule has 2 heteroatoms. The zero-order valence-electron chi connectivity index (χ0n) is 11.0. The van der Waals surface area contributed by atoms with Crippen LogP contribution in [0.2, 0.25) is 0 Å². The Morgan fingerprint density at radius 2 is 1.68 bits per heavy atom. The van der Waals surface area contributed by atoms with E-state index in [1.807, 2.05) is 18.6 Å². The smallest absolute Gasteiger partial charge is 0.0997 e. The molecular formula is C17H16N2. The van der Waals surface area contributed by atoms with E-state index in [4.69, 9.17) is 0 Å². The van der Waals surface area contributed by atoms with Crippen molar-refractivity contribution in [1.29, 1.82) is 0 Å². The van der Waals surface area contributed by atoms with Gasteiger partial charge in [0.25, 0.3) is 0 Å². The zero-order chi connectivity index (χ0) is 13.1. The van der Waals surface area contributed by atoms with Crippen molar-refractivity contribution in [1.82, 2.24) is 9.55 Å². The molecule has 0 aliphatic heterocycles. The van der Waals surface area contributed by atoms with Gasteiger partial charge in [-0.3, -0.25) is 4.57 Å². The van der Waals surface area contributed by atoms with E-state index in [0.717, 1.165) is 12.1 Å². The van der Waals surface area contributed by atoms with Crippen LogP contribution in [0.4, 0.5) is 0 Å². The largest absolute Gasteiger partial charge is 0.299 e. The number of hydrogen-bond donors (Lipinski definition) is 0. The van der Waals surface area contributed by atoms with Crippen molar-refractivity contribution in [2.24, 2.45) is 0 Å². The number of nitrogens with zero attached hydrogens (tertiary/aromatic N) is 2. The molecule has 19 heavy (non-hydrogen) atoms. The number of para-hydroxylation sites is 1. The van der Waals surface area contributed by atoms with E-state index in [9.17, 15) is 0 Å². The molecule has 0 saturated heterocycles. The zero-order valence-corrected chi connectivity index (χ0v) is 11.0. The molecule has 3 rings (SSSR count). The summed E-state index contributed by atoms with van der Waals surface area (Å²) in [4.78, 5) is 4.31. The average molecular weight is 248 g/mol. The third kappa shape index (κ3) is 2.17. The monoisotopic (exact) mass is 248 g/mol. The molecule has 0 spiro atoms. The third-order valence-electron chi connectivity index (χ3n) is 3.34. The maximum absolute atomic E-state index is 4.31. The van der Waals surface area contributed by atoms with Crippen LogP contribution in [-0.4, -0.2) is 9.55 Å². The molecule has 2 aromatic carbocycles. The van der Waals surface area contributed by atoms with Gasteiger partial charge in [-0.05, 0) is 18.1 Å². The Bertz CT molecular complexity index is 668. The average Bonchev–Trinajstić information content (AvgIpc) is 2.97. The quantitative estimate of drug-likeness (QED) is 0.682. The molecule has 0 bridgehead atoms. The van der Waals surface area contributed by atoms with E-state index in [1.165, 1.54) is 16.8 Å². The Morgan fingerprint density at radius 3 is 2.47 bits per heavy atom. The summed E-state index contributed by atoms with van der Waals surface area (Å²) in [6.07, 6.45) is 4.82. The van der Waals surface area contributed by atoms with Gasteiger partial charge in [0.15, 0.2) is 0 Å². The van der Waals surface area contributed by atoms with Crippen molar-refractivity contribution in [2.75, 3.05) is 0 Å². The van der Waals surface area contributed by atoms with E-state index in [-0.39, 0.29) is 0 Å². The second-order valence-electron chi connectivity index (χ2n) is 4.50. The van der Waals surface area contributed by atoms with Crippen LogP contribution in [0.3, 0.4) is 0 Å². The Balaban J connectivity index is 2.15. The molecule has 0 saturated carbocycles. The summed E-state index contributed by atoms with van der Waals surface area (Å²) in [6.45, 7) is 2.18.